The van der Waals surface area contributed by atoms with Crippen molar-refractivity contribution in [3.8, 4) is 6.07 Å². The number of aliphatic hydroxyl groups is 2. The van der Waals surface area contributed by atoms with E-state index in [4.69, 9.17) is 4.42 Å². The minimum absolute atomic E-state index is 0.0310. The van der Waals surface area contributed by atoms with Crippen molar-refractivity contribution in [3.63, 3.8) is 0 Å². The number of hydrogen-bond donors (Lipinski definition) is 4. The lowest BCUT2D eigenvalue weighted by Gasteiger charge is -2.20. The van der Waals surface area contributed by atoms with E-state index < -0.39 is 10.0 Å². The van der Waals surface area contributed by atoms with Crippen molar-refractivity contribution in [1.29, 1.82) is 5.26 Å². The Morgan fingerprint density at radius 3 is 2.61 bits per heavy atom. The number of aromatic amines is 1. The van der Waals surface area contributed by atoms with Crippen LogP contribution in [0.1, 0.15) is 5.82 Å². The van der Waals surface area contributed by atoms with Gasteiger partial charge in [0.1, 0.15) is 22.8 Å². The highest BCUT2D eigenvalue weighted by Gasteiger charge is 2.24. The summed E-state index contributed by atoms with van der Waals surface area (Å²) in [7, 11) is -3.91. The summed E-state index contributed by atoms with van der Waals surface area (Å²) in [5, 5.41) is 45.2. The number of fused-ring (bicyclic) bond motifs is 3. The third-order valence-corrected chi connectivity index (χ3v) is 6.76. The monoisotopic (exact) mass is 469 g/mol. The molecule has 12 nitrogen and oxygen atoms in total. The summed E-state index contributed by atoms with van der Waals surface area (Å²) in [6.07, 6.45) is 1.44. The number of hydrogen-bond acceptors (Lipinski definition) is 10. The van der Waals surface area contributed by atoms with Crippen LogP contribution in [0.4, 0.5) is 5.69 Å². The normalized spacial score (nSPS) is 12.5. The van der Waals surface area contributed by atoms with Crippen molar-refractivity contribution in [2.75, 3.05) is 31.6 Å². The number of nitrogens with zero attached hydrogens (tertiary/aromatic N) is 5. The molecule has 0 saturated carbocycles. The number of tetrazole rings is 1. The number of allylic oxidation sites excluding steroid dienone is 1. The zero-order valence-electron chi connectivity index (χ0n) is 17.1. The molecule has 0 spiro atoms. The molecule has 0 radical (unpaired) electrons. The van der Waals surface area contributed by atoms with Crippen LogP contribution in [-0.2, 0) is 10.0 Å². The summed E-state index contributed by atoms with van der Waals surface area (Å²) in [6.45, 7) is -0.963. The van der Waals surface area contributed by atoms with E-state index in [-0.39, 0.29) is 42.6 Å². The molecule has 4 N–H and O–H groups in total. The van der Waals surface area contributed by atoms with Gasteiger partial charge >= 0.3 is 0 Å². The van der Waals surface area contributed by atoms with Gasteiger partial charge in [0.05, 0.1) is 18.1 Å². The van der Waals surface area contributed by atoms with E-state index in [1.807, 2.05) is 6.07 Å². The summed E-state index contributed by atoms with van der Waals surface area (Å²) in [5.74, 6) is 0.153. The maximum atomic E-state index is 13.0. The Labute approximate surface area is 187 Å². The second-order valence-corrected chi connectivity index (χ2v) is 8.81. The maximum Gasteiger partial charge on any atom is 0.243 e. The Balaban J connectivity index is 1.68. The van der Waals surface area contributed by atoms with E-state index in [9.17, 15) is 23.9 Å². The molecule has 0 aliphatic heterocycles. The first kappa shape index (κ1) is 22.4. The van der Waals surface area contributed by atoms with Gasteiger partial charge in [0, 0.05) is 41.8 Å². The number of sulfonamides is 1. The third-order valence-electron chi connectivity index (χ3n) is 4.87. The molecule has 4 aromatic rings. The average molecular weight is 469 g/mol. The molecule has 13 heteroatoms. The molecular weight excluding hydrogens is 450 g/mol. The van der Waals surface area contributed by atoms with Gasteiger partial charge in [-0.3, -0.25) is 0 Å². The van der Waals surface area contributed by atoms with E-state index >= 15 is 0 Å². The van der Waals surface area contributed by atoms with Crippen LogP contribution in [0.15, 0.2) is 51.9 Å². The maximum absolute atomic E-state index is 13.0. The zero-order valence-corrected chi connectivity index (χ0v) is 17.9. The zero-order chi connectivity index (χ0) is 23.4. The Kier molecular flexibility index (Phi) is 6.33. The van der Waals surface area contributed by atoms with Gasteiger partial charge in [0.25, 0.3) is 0 Å². The first-order valence-corrected chi connectivity index (χ1v) is 11.2. The summed E-state index contributed by atoms with van der Waals surface area (Å²) >= 11 is 0. The number of nitriles is 1. The molecule has 0 atom stereocenters. The van der Waals surface area contributed by atoms with Gasteiger partial charge in [-0.1, -0.05) is 0 Å². The fraction of sp³-hybridized carbons (Fsp3) is 0.200. The lowest BCUT2D eigenvalue weighted by atomic mass is 10.1. The predicted molar refractivity (Wildman–Crippen MR) is 118 cm³/mol. The molecule has 2 aromatic carbocycles. The molecule has 0 amide bonds. The third kappa shape index (κ3) is 4.41. The first-order chi connectivity index (χ1) is 16.0. The summed E-state index contributed by atoms with van der Waals surface area (Å²) < 4.78 is 32.8. The van der Waals surface area contributed by atoms with Crippen LogP contribution in [0.3, 0.4) is 0 Å². The van der Waals surface area contributed by atoms with Gasteiger partial charge in [-0.25, -0.2) is 8.42 Å². The van der Waals surface area contributed by atoms with E-state index in [2.05, 4.69) is 25.9 Å². The van der Waals surface area contributed by atoms with Crippen molar-refractivity contribution >= 4 is 43.2 Å². The van der Waals surface area contributed by atoms with Crippen molar-refractivity contribution in [3.05, 3.63) is 48.4 Å². The molecule has 170 valence electrons. The highest BCUT2D eigenvalue weighted by Crippen LogP contribution is 2.33. The minimum atomic E-state index is -3.91. The molecule has 4 rings (SSSR count). The molecule has 0 fully saturated rings. The number of anilines is 1. The average Bonchev–Trinajstić information content (AvgIpc) is 3.46. The first-order valence-electron chi connectivity index (χ1n) is 9.76. The van der Waals surface area contributed by atoms with Gasteiger partial charge in [-0.15, -0.1) is 10.2 Å². The Morgan fingerprint density at radius 2 is 1.94 bits per heavy atom. The number of aromatic nitrogens is 4. The van der Waals surface area contributed by atoms with E-state index in [1.165, 1.54) is 18.3 Å². The van der Waals surface area contributed by atoms with E-state index in [1.54, 1.807) is 24.3 Å². The molecule has 2 aromatic heterocycles. The van der Waals surface area contributed by atoms with Gasteiger partial charge in [0.15, 0.2) is 0 Å². The predicted octanol–water partition coefficient (Wildman–Crippen LogP) is 1.05. The second kappa shape index (κ2) is 9.35. The molecule has 0 unspecified atom stereocenters. The number of benzene rings is 2. The molecule has 0 bridgehead atoms. The number of H-pyrrole nitrogens is 1. The molecule has 0 aliphatic carbocycles. The van der Waals surface area contributed by atoms with Crippen molar-refractivity contribution in [2.45, 2.75) is 4.90 Å². The van der Waals surface area contributed by atoms with Crippen LogP contribution in [0, 0.1) is 11.3 Å². The van der Waals surface area contributed by atoms with E-state index in [0.29, 0.717) is 27.6 Å². The fourth-order valence-electron chi connectivity index (χ4n) is 3.31. The standard InChI is InChI=1S/C20H19N7O5S/c21-11-13(20-23-25-26-24-20)12-22-14-1-3-16-17-10-15(2-4-18(17)32-19(16)9-14)33(30,31)27(5-7-28)6-8-29/h1-4,9-10,12,22,28-29H,5-8H2,(H,23,24,25,26). The van der Waals surface area contributed by atoms with Gasteiger partial charge in [0.2, 0.25) is 15.8 Å². The summed E-state index contributed by atoms with van der Waals surface area (Å²) in [4.78, 5) is 0.0310. The fourth-order valence-corrected chi connectivity index (χ4v) is 4.76. The smallest absolute Gasteiger partial charge is 0.243 e. The topological polar surface area (TPSA) is 181 Å². The van der Waals surface area contributed by atoms with Crippen LogP contribution in [0.2, 0.25) is 0 Å². The molecule has 33 heavy (non-hydrogen) atoms. The second-order valence-electron chi connectivity index (χ2n) is 6.87. The van der Waals surface area contributed by atoms with Crippen LogP contribution in [-0.4, -0.2) is 69.9 Å². The molecular formula is C20H19N7O5S. The number of furan rings is 1. The molecule has 0 saturated heterocycles. The summed E-state index contributed by atoms with van der Waals surface area (Å²) in [5.41, 5.74) is 1.82. The Hall–Kier alpha value is -3.83. The van der Waals surface area contributed by atoms with Gasteiger partial charge in [-0.05, 0) is 35.5 Å². The van der Waals surface area contributed by atoms with Gasteiger partial charge < -0.3 is 19.9 Å². The highest BCUT2D eigenvalue weighted by atomic mass is 32.2. The molecule has 0 aliphatic rings. The SMILES string of the molecule is N#CC(=CNc1ccc2c(c1)oc1ccc(S(=O)(=O)N(CCO)CCO)cc12)c1nn[nH]n1. The molecule has 2 heterocycles. The number of rotatable bonds is 9. The highest BCUT2D eigenvalue weighted by molar-refractivity contribution is 7.89. The van der Waals surface area contributed by atoms with E-state index in [0.717, 1.165) is 4.31 Å². The van der Waals surface area contributed by atoms with Gasteiger partial charge in [-0.2, -0.15) is 14.8 Å². The Bertz CT molecular complexity index is 1450. The van der Waals surface area contributed by atoms with Crippen LogP contribution >= 0.6 is 0 Å². The number of nitrogens with one attached hydrogen (secondary N) is 2. The van der Waals surface area contributed by atoms with Crippen molar-refractivity contribution in [2.24, 2.45) is 0 Å². The largest absolute Gasteiger partial charge is 0.456 e. The van der Waals surface area contributed by atoms with Crippen LogP contribution in [0.5, 0.6) is 0 Å². The lowest BCUT2D eigenvalue weighted by molar-refractivity contribution is 0.217. The quantitative estimate of drug-likeness (QED) is 0.259. The van der Waals surface area contributed by atoms with Crippen LogP contribution in [0.25, 0.3) is 27.5 Å². The van der Waals surface area contributed by atoms with Crippen molar-refractivity contribution < 1.29 is 23.0 Å². The number of aliphatic hydroxyl groups excluding tert-OH is 2. The van der Waals surface area contributed by atoms with Crippen molar-refractivity contribution in [1.82, 2.24) is 24.9 Å². The Morgan fingerprint density at radius 1 is 1.15 bits per heavy atom. The van der Waals surface area contributed by atoms with Crippen LogP contribution < -0.4 is 5.32 Å². The lowest BCUT2D eigenvalue weighted by Crippen LogP contribution is -2.35. The summed E-state index contributed by atoms with van der Waals surface area (Å²) in [6, 6.07) is 11.7. The minimum Gasteiger partial charge on any atom is -0.456 e.